The number of anilines is 1. The number of nitrogens with zero attached hydrogens (tertiary/aromatic N) is 1. The van der Waals surface area contributed by atoms with Gasteiger partial charge < -0.3 is 20.1 Å². The van der Waals surface area contributed by atoms with Crippen molar-refractivity contribution in [3.8, 4) is 0 Å². The third kappa shape index (κ3) is 5.78. The normalized spacial score (nSPS) is 13.5. The van der Waals surface area contributed by atoms with Crippen LogP contribution in [0.2, 0.25) is 0 Å². The number of ether oxygens (including phenoxy) is 2. The van der Waals surface area contributed by atoms with Gasteiger partial charge >= 0.3 is 0 Å². The molecule has 1 amide bonds. The maximum Gasteiger partial charge on any atom is 0.293 e. The van der Waals surface area contributed by atoms with E-state index in [9.17, 15) is 14.9 Å². The van der Waals surface area contributed by atoms with Crippen LogP contribution in [-0.2, 0) is 9.47 Å². The lowest BCUT2D eigenvalue weighted by molar-refractivity contribution is -0.384. The Hall–Kier alpha value is -2.19. The minimum absolute atomic E-state index is 0.0984. The fraction of sp³-hybridized carbons (Fsp3) is 0.562. The van der Waals surface area contributed by atoms with Crippen LogP contribution >= 0.6 is 0 Å². The highest BCUT2D eigenvalue weighted by atomic mass is 16.6. The van der Waals surface area contributed by atoms with E-state index in [0.717, 1.165) is 12.8 Å². The van der Waals surface area contributed by atoms with E-state index in [-0.39, 0.29) is 17.6 Å². The van der Waals surface area contributed by atoms with Crippen LogP contribution in [0.4, 0.5) is 11.4 Å². The Labute approximate surface area is 140 Å². The summed E-state index contributed by atoms with van der Waals surface area (Å²) in [6.45, 7) is 2.16. The van der Waals surface area contributed by atoms with Gasteiger partial charge in [-0.1, -0.05) is 0 Å². The molecule has 132 valence electrons. The van der Waals surface area contributed by atoms with E-state index in [1.807, 2.05) is 0 Å². The molecule has 0 aliphatic heterocycles. The van der Waals surface area contributed by atoms with Gasteiger partial charge in [0.2, 0.25) is 0 Å². The molecule has 1 saturated carbocycles. The van der Waals surface area contributed by atoms with Crippen molar-refractivity contribution in [1.29, 1.82) is 0 Å². The van der Waals surface area contributed by atoms with Crippen LogP contribution in [0.3, 0.4) is 0 Å². The zero-order valence-electron chi connectivity index (χ0n) is 13.7. The lowest BCUT2D eigenvalue weighted by Gasteiger charge is -2.09. The predicted octanol–water partition coefficient (Wildman–Crippen LogP) is 1.95. The summed E-state index contributed by atoms with van der Waals surface area (Å²) in [5, 5.41) is 17.1. The lowest BCUT2D eigenvalue weighted by Crippen LogP contribution is -2.25. The molecule has 0 atom stereocenters. The van der Waals surface area contributed by atoms with Crippen LogP contribution in [0, 0.1) is 10.1 Å². The summed E-state index contributed by atoms with van der Waals surface area (Å²) in [6, 6.07) is 4.70. The second-order valence-corrected chi connectivity index (χ2v) is 5.62. The molecular weight excluding hydrogens is 314 g/mol. The Morgan fingerprint density at radius 1 is 1.33 bits per heavy atom. The Bertz CT molecular complexity index is 575. The summed E-state index contributed by atoms with van der Waals surface area (Å²) in [5.41, 5.74) is 0.612. The number of benzene rings is 1. The van der Waals surface area contributed by atoms with Gasteiger partial charge in [0, 0.05) is 37.9 Å². The fourth-order valence-corrected chi connectivity index (χ4v) is 2.11. The summed E-state index contributed by atoms with van der Waals surface area (Å²) < 4.78 is 10.2. The first-order chi connectivity index (χ1) is 11.6. The molecule has 1 aromatic carbocycles. The summed E-state index contributed by atoms with van der Waals surface area (Å²) in [4.78, 5) is 22.7. The molecule has 1 fully saturated rings. The molecule has 0 spiro atoms. The number of carbonyl (C=O) groups excluding carboxylic acids is 1. The zero-order valence-corrected chi connectivity index (χ0v) is 13.7. The van der Waals surface area contributed by atoms with E-state index in [2.05, 4.69) is 10.6 Å². The summed E-state index contributed by atoms with van der Waals surface area (Å²) in [7, 11) is 1.61. The van der Waals surface area contributed by atoms with Gasteiger partial charge in [-0.3, -0.25) is 14.9 Å². The van der Waals surface area contributed by atoms with E-state index in [4.69, 9.17) is 9.47 Å². The molecular formula is C16H23N3O5. The number of nitro groups is 1. The van der Waals surface area contributed by atoms with Gasteiger partial charge in [-0.2, -0.15) is 0 Å². The Morgan fingerprint density at radius 3 is 2.79 bits per heavy atom. The van der Waals surface area contributed by atoms with Crippen LogP contribution in [0.5, 0.6) is 0 Å². The number of methoxy groups -OCH3 is 1. The van der Waals surface area contributed by atoms with Crippen LogP contribution in [0.1, 0.15) is 29.6 Å². The highest BCUT2D eigenvalue weighted by molar-refractivity contribution is 5.96. The molecule has 0 bridgehead atoms. The highest BCUT2D eigenvalue weighted by Gasteiger charge is 2.25. The number of nitro benzene ring substituents is 1. The topological polar surface area (TPSA) is 103 Å². The van der Waals surface area contributed by atoms with Gasteiger partial charge in [0.15, 0.2) is 0 Å². The molecule has 8 nitrogen and oxygen atoms in total. The van der Waals surface area contributed by atoms with Gasteiger partial charge in [0.05, 0.1) is 18.1 Å². The number of carbonyl (C=O) groups is 1. The van der Waals surface area contributed by atoms with Crippen molar-refractivity contribution >= 4 is 17.3 Å². The molecule has 0 saturated heterocycles. The van der Waals surface area contributed by atoms with Crippen molar-refractivity contribution in [3.63, 3.8) is 0 Å². The molecule has 1 aromatic rings. The lowest BCUT2D eigenvalue weighted by atomic mass is 10.1. The van der Waals surface area contributed by atoms with Crippen molar-refractivity contribution in [3.05, 3.63) is 33.9 Å². The Balaban J connectivity index is 1.86. The SMILES string of the molecule is COCCOCCCNc1ccc(C(=O)NC2CC2)cc1[N+](=O)[O-]. The molecule has 24 heavy (non-hydrogen) atoms. The minimum Gasteiger partial charge on any atom is -0.382 e. The quantitative estimate of drug-likeness (QED) is 0.363. The van der Waals surface area contributed by atoms with E-state index in [1.54, 1.807) is 19.2 Å². The van der Waals surface area contributed by atoms with Gasteiger partial charge in [0.25, 0.3) is 11.6 Å². The standard InChI is InChI=1S/C16H23N3O5/c1-23-9-10-24-8-2-7-17-14-6-3-12(11-15(14)19(21)22)16(20)18-13-4-5-13/h3,6,11,13,17H,2,4-5,7-10H2,1H3,(H,18,20). The number of hydrogen-bond acceptors (Lipinski definition) is 6. The van der Waals surface area contributed by atoms with E-state index in [0.29, 0.717) is 44.0 Å². The minimum atomic E-state index is -0.481. The first kappa shape index (κ1) is 18.2. The third-order valence-electron chi connectivity index (χ3n) is 3.58. The first-order valence-electron chi connectivity index (χ1n) is 8.01. The molecule has 2 rings (SSSR count). The molecule has 8 heteroatoms. The van der Waals surface area contributed by atoms with Gasteiger partial charge in [0.1, 0.15) is 5.69 Å². The van der Waals surface area contributed by atoms with Crippen molar-refractivity contribution in [2.24, 2.45) is 0 Å². The number of rotatable bonds is 11. The van der Waals surface area contributed by atoms with Crippen molar-refractivity contribution in [1.82, 2.24) is 5.32 Å². The molecule has 0 aromatic heterocycles. The number of hydrogen-bond donors (Lipinski definition) is 2. The molecule has 0 unspecified atom stereocenters. The number of amides is 1. The molecule has 1 aliphatic carbocycles. The average Bonchev–Trinajstić information content (AvgIpc) is 3.37. The second kappa shape index (κ2) is 9.19. The van der Waals surface area contributed by atoms with Gasteiger partial charge in [-0.25, -0.2) is 0 Å². The third-order valence-corrected chi connectivity index (χ3v) is 3.58. The van der Waals surface area contributed by atoms with Gasteiger partial charge in [-0.15, -0.1) is 0 Å². The maximum absolute atomic E-state index is 12.0. The van der Waals surface area contributed by atoms with E-state index < -0.39 is 4.92 Å². The first-order valence-corrected chi connectivity index (χ1v) is 8.01. The summed E-state index contributed by atoms with van der Waals surface area (Å²) >= 11 is 0. The smallest absolute Gasteiger partial charge is 0.293 e. The Morgan fingerprint density at radius 2 is 2.12 bits per heavy atom. The monoisotopic (exact) mass is 337 g/mol. The van der Waals surface area contributed by atoms with Crippen LogP contribution in [0.25, 0.3) is 0 Å². The number of nitrogens with one attached hydrogen (secondary N) is 2. The van der Waals surface area contributed by atoms with E-state index >= 15 is 0 Å². The van der Waals surface area contributed by atoms with Gasteiger partial charge in [-0.05, 0) is 31.4 Å². The summed E-state index contributed by atoms with van der Waals surface area (Å²) in [6.07, 6.45) is 2.66. The average molecular weight is 337 g/mol. The van der Waals surface area contributed by atoms with E-state index in [1.165, 1.54) is 6.07 Å². The molecule has 0 radical (unpaired) electrons. The summed E-state index contributed by atoms with van der Waals surface area (Å²) in [5.74, 6) is -0.265. The van der Waals surface area contributed by atoms with Crippen molar-refractivity contribution < 1.29 is 19.2 Å². The predicted molar refractivity (Wildman–Crippen MR) is 89.4 cm³/mol. The second-order valence-electron chi connectivity index (χ2n) is 5.62. The van der Waals surface area contributed by atoms with Crippen molar-refractivity contribution in [2.75, 3.05) is 38.8 Å². The van der Waals surface area contributed by atoms with Crippen LogP contribution in [0.15, 0.2) is 18.2 Å². The molecule has 2 N–H and O–H groups in total. The fourth-order valence-electron chi connectivity index (χ4n) is 2.11. The molecule has 1 aliphatic rings. The van der Waals surface area contributed by atoms with Crippen LogP contribution < -0.4 is 10.6 Å². The Kier molecular flexibility index (Phi) is 6.95. The zero-order chi connectivity index (χ0) is 17.4. The van der Waals surface area contributed by atoms with Crippen LogP contribution in [-0.4, -0.2) is 50.3 Å². The van der Waals surface area contributed by atoms with Crippen molar-refractivity contribution in [2.45, 2.75) is 25.3 Å². The largest absolute Gasteiger partial charge is 0.382 e. The molecule has 0 heterocycles. The highest BCUT2D eigenvalue weighted by Crippen LogP contribution is 2.26. The maximum atomic E-state index is 12.0.